The maximum atomic E-state index is 10.9. The molecule has 0 aromatic heterocycles. The van der Waals surface area contributed by atoms with Crippen LogP contribution in [0.3, 0.4) is 0 Å². The van der Waals surface area contributed by atoms with Crippen LogP contribution in [-0.2, 0) is 19.1 Å². The van der Waals surface area contributed by atoms with Crippen molar-refractivity contribution >= 4 is 11.9 Å². The Labute approximate surface area is 75.9 Å². The van der Waals surface area contributed by atoms with E-state index in [-0.39, 0.29) is 18.8 Å². The number of ether oxygens (including phenoxy) is 2. The van der Waals surface area contributed by atoms with Crippen molar-refractivity contribution in [3.05, 3.63) is 11.8 Å². The maximum Gasteiger partial charge on any atom is 0.344 e. The molecule has 0 aromatic rings. The smallest absolute Gasteiger partial charge is 0.344 e. The molecule has 5 heteroatoms. The van der Waals surface area contributed by atoms with Gasteiger partial charge in [0.2, 0.25) is 0 Å². The van der Waals surface area contributed by atoms with Crippen LogP contribution in [0.4, 0.5) is 0 Å². The van der Waals surface area contributed by atoms with E-state index < -0.39 is 11.9 Å². The van der Waals surface area contributed by atoms with Gasteiger partial charge in [0.05, 0.1) is 18.4 Å². The average molecular weight is 188 g/mol. The zero-order valence-electron chi connectivity index (χ0n) is 7.57. The summed E-state index contributed by atoms with van der Waals surface area (Å²) < 4.78 is 8.98. The second-order valence-electron chi connectivity index (χ2n) is 2.28. The molecular formula is C8H12O5. The fourth-order valence-electron chi connectivity index (χ4n) is 0.496. The molecule has 0 saturated carbocycles. The van der Waals surface area contributed by atoms with Crippen molar-refractivity contribution in [2.45, 2.75) is 13.8 Å². The van der Waals surface area contributed by atoms with Gasteiger partial charge in [-0.05, 0) is 6.92 Å². The summed E-state index contributed by atoms with van der Waals surface area (Å²) in [6.07, 6.45) is 1.14. The Hall–Kier alpha value is -1.36. The normalized spacial score (nSPS) is 10.8. The van der Waals surface area contributed by atoms with E-state index in [4.69, 9.17) is 9.84 Å². The zero-order chi connectivity index (χ0) is 10.3. The van der Waals surface area contributed by atoms with Crippen molar-refractivity contribution in [3.63, 3.8) is 0 Å². The SMILES string of the molecule is CC(=O)OC(=O)C(C)=COCCO. The third-order valence-electron chi connectivity index (χ3n) is 1.03. The van der Waals surface area contributed by atoms with Crippen LogP contribution in [0.1, 0.15) is 13.8 Å². The van der Waals surface area contributed by atoms with Gasteiger partial charge in [-0.3, -0.25) is 4.79 Å². The summed E-state index contributed by atoms with van der Waals surface area (Å²) in [6, 6.07) is 0. The first-order chi connectivity index (χ1) is 6.07. The standard InChI is InChI=1S/C8H12O5/c1-6(5-12-4-3-9)8(11)13-7(2)10/h5,9H,3-4H2,1-2H3. The number of esters is 2. The van der Waals surface area contributed by atoms with Gasteiger partial charge in [0.15, 0.2) is 0 Å². The summed E-state index contributed by atoms with van der Waals surface area (Å²) in [6.45, 7) is 2.55. The molecule has 74 valence electrons. The molecule has 1 N–H and O–H groups in total. The summed E-state index contributed by atoms with van der Waals surface area (Å²) in [7, 11) is 0. The van der Waals surface area contributed by atoms with Gasteiger partial charge in [-0.1, -0.05) is 0 Å². The minimum Gasteiger partial charge on any atom is -0.498 e. The number of carbonyl (C=O) groups is 2. The largest absolute Gasteiger partial charge is 0.498 e. The van der Waals surface area contributed by atoms with Crippen molar-refractivity contribution < 1.29 is 24.2 Å². The van der Waals surface area contributed by atoms with E-state index in [0.717, 1.165) is 13.2 Å². The Morgan fingerprint density at radius 1 is 1.38 bits per heavy atom. The number of carbonyl (C=O) groups excluding carboxylic acids is 2. The van der Waals surface area contributed by atoms with Crippen LogP contribution in [0.5, 0.6) is 0 Å². The third-order valence-corrected chi connectivity index (χ3v) is 1.03. The molecule has 0 spiro atoms. The molecular weight excluding hydrogens is 176 g/mol. The average Bonchev–Trinajstić information content (AvgIpc) is 2.03. The highest BCUT2D eigenvalue weighted by molar-refractivity contribution is 5.94. The van der Waals surface area contributed by atoms with Crippen LogP contribution in [0.15, 0.2) is 11.8 Å². The zero-order valence-corrected chi connectivity index (χ0v) is 7.57. The van der Waals surface area contributed by atoms with Gasteiger partial charge < -0.3 is 14.6 Å². The lowest BCUT2D eigenvalue weighted by atomic mass is 10.3. The summed E-state index contributed by atoms with van der Waals surface area (Å²) in [4.78, 5) is 21.2. The highest BCUT2D eigenvalue weighted by Crippen LogP contribution is 1.97. The van der Waals surface area contributed by atoms with Crippen molar-refractivity contribution in [1.29, 1.82) is 0 Å². The van der Waals surface area contributed by atoms with Crippen molar-refractivity contribution in [3.8, 4) is 0 Å². The Morgan fingerprint density at radius 2 is 2.00 bits per heavy atom. The van der Waals surface area contributed by atoms with E-state index in [1.807, 2.05) is 0 Å². The molecule has 13 heavy (non-hydrogen) atoms. The van der Waals surface area contributed by atoms with Gasteiger partial charge >= 0.3 is 11.9 Å². The van der Waals surface area contributed by atoms with E-state index in [1.54, 1.807) is 0 Å². The fourth-order valence-corrected chi connectivity index (χ4v) is 0.496. The third kappa shape index (κ3) is 5.86. The fraction of sp³-hybridized carbons (Fsp3) is 0.500. The van der Waals surface area contributed by atoms with E-state index in [2.05, 4.69) is 4.74 Å². The second kappa shape index (κ2) is 6.19. The van der Waals surface area contributed by atoms with Crippen molar-refractivity contribution in [2.75, 3.05) is 13.2 Å². The van der Waals surface area contributed by atoms with Crippen LogP contribution >= 0.6 is 0 Å². The molecule has 0 aliphatic heterocycles. The quantitative estimate of drug-likeness (QED) is 0.221. The van der Waals surface area contributed by atoms with Crippen LogP contribution in [0.2, 0.25) is 0 Å². The minimum atomic E-state index is -0.745. The van der Waals surface area contributed by atoms with E-state index in [0.29, 0.717) is 0 Å². The van der Waals surface area contributed by atoms with Gasteiger partial charge in [-0.25, -0.2) is 4.79 Å². The Kier molecular flexibility index (Phi) is 5.54. The molecule has 0 amide bonds. The molecule has 0 fully saturated rings. The van der Waals surface area contributed by atoms with Gasteiger partial charge in [0.1, 0.15) is 6.61 Å². The molecule has 0 aromatic carbocycles. The van der Waals surface area contributed by atoms with Crippen LogP contribution < -0.4 is 0 Å². The topological polar surface area (TPSA) is 72.8 Å². The monoisotopic (exact) mass is 188 g/mol. The predicted molar refractivity (Wildman–Crippen MR) is 43.6 cm³/mol. The number of aliphatic hydroxyl groups is 1. The lowest BCUT2D eigenvalue weighted by molar-refractivity contribution is -0.155. The summed E-state index contributed by atoms with van der Waals surface area (Å²) >= 11 is 0. The van der Waals surface area contributed by atoms with Gasteiger partial charge in [-0.15, -0.1) is 0 Å². The number of hydrogen-bond donors (Lipinski definition) is 1. The number of rotatable bonds is 4. The minimum absolute atomic E-state index is 0.102. The van der Waals surface area contributed by atoms with Gasteiger partial charge in [-0.2, -0.15) is 0 Å². The molecule has 0 aliphatic carbocycles. The predicted octanol–water partition coefficient (Wildman–Crippen LogP) is -0.0112. The molecule has 5 nitrogen and oxygen atoms in total. The van der Waals surface area contributed by atoms with Gasteiger partial charge in [0.25, 0.3) is 0 Å². The maximum absolute atomic E-state index is 10.9. The Balaban J connectivity index is 3.93. The number of aliphatic hydroxyl groups excluding tert-OH is 1. The van der Waals surface area contributed by atoms with Crippen molar-refractivity contribution in [1.82, 2.24) is 0 Å². The highest BCUT2D eigenvalue weighted by Gasteiger charge is 2.08. The Morgan fingerprint density at radius 3 is 2.46 bits per heavy atom. The first-order valence-corrected chi connectivity index (χ1v) is 3.70. The molecule has 0 atom stereocenters. The highest BCUT2D eigenvalue weighted by atomic mass is 16.6. The van der Waals surface area contributed by atoms with E-state index in [1.165, 1.54) is 6.92 Å². The van der Waals surface area contributed by atoms with E-state index in [9.17, 15) is 9.59 Å². The lowest BCUT2D eigenvalue weighted by Crippen LogP contribution is -2.10. The van der Waals surface area contributed by atoms with Crippen LogP contribution in [0.25, 0.3) is 0 Å². The molecule has 0 unspecified atom stereocenters. The first kappa shape index (κ1) is 11.6. The molecule has 0 radical (unpaired) electrons. The summed E-state index contributed by atoms with van der Waals surface area (Å²) in [5.74, 6) is -1.41. The molecule has 0 bridgehead atoms. The molecule has 0 rings (SSSR count). The van der Waals surface area contributed by atoms with Gasteiger partial charge in [0, 0.05) is 6.92 Å². The molecule has 0 aliphatic rings. The lowest BCUT2D eigenvalue weighted by Gasteiger charge is -2.00. The Bertz CT molecular complexity index is 219. The molecule has 0 saturated heterocycles. The van der Waals surface area contributed by atoms with Crippen LogP contribution in [0, 0.1) is 0 Å². The van der Waals surface area contributed by atoms with Crippen molar-refractivity contribution in [2.24, 2.45) is 0 Å². The first-order valence-electron chi connectivity index (χ1n) is 3.70. The van der Waals surface area contributed by atoms with Crippen LogP contribution in [-0.4, -0.2) is 30.3 Å². The summed E-state index contributed by atoms with van der Waals surface area (Å²) in [5.41, 5.74) is 0.170. The molecule has 0 heterocycles. The number of hydrogen-bond acceptors (Lipinski definition) is 5. The second-order valence-corrected chi connectivity index (χ2v) is 2.28. The van der Waals surface area contributed by atoms with E-state index >= 15 is 0 Å². The summed E-state index contributed by atoms with van der Waals surface area (Å²) in [5, 5.41) is 8.34.